The zero-order valence-electron chi connectivity index (χ0n) is 16.5. The molecule has 1 unspecified atom stereocenters. The highest BCUT2D eigenvalue weighted by molar-refractivity contribution is 6.36. The first kappa shape index (κ1) is 19.9. The topological polar surface area (TPSA) is 75.4 Å². The number of hydrogen-bond acceptors (Lipinski definition) is 5. The highest BCUT2D eigenvalue weighted by atomic mass is 35.5. The standard InChI is InChI=1S/C20H22Cl2N6O/c1-11(2)12(3)25-19-17(18(22)26-20-23-10-24-28(19)20)14-9-13(6-7-15(14)21)27-8-4-5-16(27)29/h6-7,9-12,25H,4-5,8H2,1-3H3. The molecule has 0 saturated carbocycles. The lowest BCUT2D eigenvalue weighted by Gasteiger charge is -2.23. The zero-order valence-corrected chi connectivity index (χ0v) is 18.0. The monoisotopic (exact) mass is 432 g/mol. The fourth-order valence-corrected chi connectivity index (χ4v) is 3.84. The van der Waals surface area contributed by atoms with E-state index in [0.717, 1.165) is 12.1 Å². The first-order valence-corrected chi connectivity index (χ1v) is 10.4. The number of rotatable bonds is 5. The molecule has 1 aromatic carbocycles. The number of benzene rings is 1. The molecule has 7 nitrogen and oxygen atoms in total. The maximum atomic E-state index is 12.2. The lowest BCUT2D eigenvalue weighted by atomic mass is 10.0. The Labute approximate surface area is 179 Å². The van der Waals surface area contributed by atoms with Crippen molar-refractivity contribution >= 4 is 46.4 Å². The number of halogens is 2. The van der Waals surface area contributed by atoms with Crippen LogP contribution in [-0.4, -0.2) is 38.1 Å². The number of hydrogen-bond donors (Lipinski definition) is 1. The molecule has 1 atom stereocenters. The largest absolute Gasteiger partial charge is 0.367 e. The molecule has 0 radical (unpaired) electrons. The van der Waals surface area contributed by atoms with E-state index in [2.05, 4.69) is 41.2 Å². The third kappa shape index (κ3) is 3.65. The van der Waals surface area contributed by atoms with Crippen molar-refractivity contribution in [3.8, 4) is 11.1 Å². The molecular formula is C20H22Cl2N6O. The number of amides is 1. The molecule has 1 aliphatic heterocycles. The first-order valence-electron chi connectivity index (χ1n) is 9.63. The third-order valence-electron chi connectivity index (χ3n) is 5.35. The summed E-state index contributed by atoms with van der Waals surface area (Å²) in [6, 6.07) is 5.67. The number of anilines is 2. The van der Waals surface area contributed by atoms with E-state index in [1.807, 2.05) is 12.1 Å². The average Bonchev–Trinajstić information content (AvgIpc) is 3.31. The summed E-state index contributed by atoms with van der Waals surface area (Å²) < 4.78 is 1.63. The Morgan fingerprint density at radius 2 is 2.00 bits per heavy atom. The van der Waals surface area contributed by atoms with E-state index < -0.39 is 0 Å². The molecular weight excluding hydrogens is 411 g/mol. The van der Waals surface area contributed by atoms with Gasteiger partial charge in [-0.3, -0.25) is 4.79 Å². The number of nitrogens with zero attached hydrogens (tertiary/aromatic N) is 5. The van der Waals surface area contributed by atoms with Crippen molar-refractivity contribution < 1.29 is 4.79 Å². The van der Waals surface area contributed by atoms with Gasteiger partial charge in [-0.1, -0.05) is 37.0 Å². The van der Waals surface area contributed by atoms with E-state index in [1.165, 1.54) is 6.33 Å². The van der Waals surface area contributed by atoms with Gasteiger partial charge in [-0.05, 0) is 37.5 Å². The number of carbonyl (C=O) groups is 1. The lowest BCUT2D eigenvalue weighted by molar-refractivity contribution is -0.117. The summed E-state index contributed by atoms with van der Waals surface area (Å²) in [4.78, 5) is 22.6. The summed E-state index contributed by atoms with van der Waals surface area (Å²) in [6.07, 6.45) is 2.85. The second-order valence-corrected chi connectivity index (χ2v) is 8.35. The van der Waals surface area contributed by atoms with Crippen molar-refractivity contribution in [2.24, 2.45) is 5.92 Å². The van der Waals surface area contributed by atoms with Crippen LogP contribution in [0.2, 0.25) is 10.2 Å². The summed E-state index contributed by atoms with van der Waals surface area (Å²) in [7, 11) is 0. The summed E-state index contributed by atoms with van der Waals surface area (Å²) in [6.45, 7) is 7.05. The van der Waals surface area contributed by atoms with Crippen LogP contribution in [0.25, 0.3) is 16.9 Å². The molecule has 3 heterocycles. The van der Waals surface area contributed by atoms with Crippen LogP contribution in [0, 0.1) is 5.92 Å². The van der Waals surface area contributed by atoms with Crippen LogP contribution in [-0.2, 0) is 4.79 Å². The molecule has 1 fully saturated rings. The van der Waals surface area contributed by atoms with Gasteiger partial charge in [-0.15, -0.1) is 0 Å². The van der Waals surface area contributed by atoms with Gasteiger partial charge >= 0.3 is 0 Å². The average molecular weight is 433 g/mol. The quantitative estimate of drug-likeness (QED) is 0.592. The van der Waals surface area contributed by atoms with Crippen molar-refractivity contribution in [3.63, 3.8) is 0 Å². The molecule has 152 valence electrons. The maximum absolute atomic E-state index is 12.2. The predicted molar refractivity (Wildman–Crippen MR) is 116 cm³/mol. The van der Waals surface area contributed by atoms with Crippen molar-refractivity contribution in [2.75, 3.05) is 16.8 Å². The van der Waals surface area contributed by atoms with E-state index in [0.29, 0.717) is 46.6 Å². The number of fused-ring (bicyclic) bond motifs is 1. The van der Waals surface area contributed by atoms with Gasteiger partial charge in [0.15, 0.2) is 0 Å². The molecule has 1 N–H and O–H groups in total. The molecule has 1 aliphatic rings. The molecule has 0 aliphatic carbocycles. The summed E-state index contributed by atoms with van der Waals surface area (Å²) in [5.74, 6) is 1.56. The fraction of sp³-hybridized carbons (Fsp3) is 0.400. The minimum atomic E-state index is 0.112. The summed E-state index contributed by atoms with van der Waals surface area (Å²) in [5.41, 5.74) is 2.12. The Morgan fingerprint density at radius 3 is 2.69 bits per heavy atom. The highest BCUT2D eigenvalue weighted by Gasteiger charge is 2.25. The molecule has 3 aromatic rings. The minimum Gasteiger partial charge on any atom is -0.367 e. The molecule has 0 spiro atoms. The number of carbonyl (C=O) groups excluding carboxylic acids is 1. The van der Waals surface area contributed by atoms with Crippen LogP contribution in [0.1, 0.15) is 33.6 Å². The van der Waals surface area contributed by atoms with Gasteiger partial charge in [-0.25, -0.2) is 0 Å². The zero-order chi connectivity index (χ0) is 20.7. The molecule has 29 heavy (non-hydrogen) atoms. The van der Waals surface area contributed by atoms with Crippen LogP contribution in [0.15, 0.2) is 24.5 Å². The summed E-state index contributed by atoms with van der Waals surface area (Å²) >= 11 is 13.2. The third-order valence-corrected chi connectivity index (χ3v) is 5.95. The van der Waals surface area contributed by atoms with Gasteiger partial charge in [0.25, 0.3) is 5.78 Å². The highest BCUT2D eigenvalue weighted by Crippen LogP contribution is 2.40. The second kappa shape index (κ2) is 7.80. The Hall–Kier alpha value is -2.38. The van der Waals surface area contributed by atoms with Crippen LogP contribution in [0.3, 0.4) is 0 Å². The lowest BCUT2D eigenvalue weighted by Crippen LogP contribution is -2.24. The molecule has 9 heteroatoms. The van der Waals surface area contributed by atoms with Gasteiger partial charge in [0, 0.05) is 35.3 Å². The molecule has 4 rings (SSSR count). The van der Waals surface area contributed by atoms with E-state index in [4.69, 9.17) is 23.2 Å². The van der Waals surface area contributed by atoms with Crippen molar-refractivity contribution in [1.29, 1.82) is 0 Å². The summed E-state index contributed by atoms with van der Waals surface area (Å²) in [5, 5.41) is 8.61. The Kier molecular flexibility index (Phi) is 5.36. The van der Waals surface area contributed by atoms with Crippen LogP contribution in [0.5, 0.6) is 0 Å². The molecule has 2 aromatic heterocycles. The smallest absolute Gasteiger partial charge is 0.255 e. The minimum absolute atomic E-state index is 0.112. The first-order chi connectivity index (χ1) is 13.9. The molecule has 1 amide bonds. The van der Waals surface area contributed by atoms with Crippen molar-refractivity contribution in [3.05, 3.63) is 34.7 Å². The number of aromatic nitrogens is 4. The van der Waals surface area contributed by atoms with E-state index in [1.54, 1.807) is 15.5 Å². The predicted octanol–water partition coefficient (Wildman–Crippen LogP) is 4.68. The fourth-order valence-electron chi connectivity index (χ4n) is 3.36. The SMILES string of the molecule is CC(C)C(C)Nc1c(-c2cc(N3CCCC3=O)ccc2Cl)c(Cl)nc2ncnn12. The Balaban J connectivity index is 1.91. The van der Waals surface area contributed by atoms with Gasteiger partial charge < -0.3 is 10.2 Å². The van der Waals surface area contributed by atoms with E-state index >= 15 is 0 Å². The Bertz CT molecular complexity index is 1080. The normalized spacial score (nSPS) is 15.5. The van der Waals surface area contributed by atoms with Crippen molar-refractivity contribution in [2.45, 2.75) is 39.7 Å². The number of nitrogens with one attached hydrogen (secondary N) is 1. The molecule has 0 bridgehead atoms. The Morgan fingerprint density at radius 1 is 1.21 bits per heavy atom. The van der Waals surface area contributed by atoms with Crippen LogP contribution in [0.4, 0.5) is 11.5 Å². The van der Waals surface area contributed by atoms with Gasteiger partial charge in [-0.2, -0.15) is 19.6 Å². The van der Waals surface area contributed by atoms with Crippen molar-refractivity contribution in [1.82, 2.24) is 19.6 Å². The van der Waals surface area contributed by atoms with Crippen LogP contribution < -0.4 is 10.2 Å². The van der Waals surface area contributed by atoms with Crippen LogP contribution >= 0.6 is 23.2 Å². The van der Waals surface area contributed by atoms with Gasteiger partial charge in [0.2, 0.25) is 5.91 Å². The molecule has 1 saturated heterocycles. The van der Waals surface area contributed by atoms with E-state index in [-0.39, 0.29) is 17.1 Å². The second-order valence-electron chi connectivity index (χ2n) is 7.59. The van der Waals surface area contributed by atoms with Gasteiger partial charge in [0.05, 0.1) is 5.56 Å². The van der Waals surface area contributed by atoms with Gasteiger partial charge in [0.1, 0.15) is 17.3 Å². The maximum Gasteiger partial charge on any atom is 0.255 e. The van der Waals surface area contributed by atoms with E-state index in [9.17, 15) is 4.79 Å².